The second-order valence-corrected chi connectivity index (χ2v) is 3.22. The third-order valence-electron chi connectivity index (χ3n) is 2.43. The Bertz CT molecular complexity index is 521. The first-order valence-corrected chi connectivity index (χ1v) is 4.07. The molecule has 1 aromatic carbocycles. The molecular formula is C9H11N3O. The van der Waals surface area contributed by atoms with Crippen molar-refractivity contribution in [1.29, 1.82) is 0 Å². The molecule has 1 aromatic heterocycles. The monoisotopic (exact) mass is 177 g/mol. The summed E-state index contributed by atoms with van der Waals surface area (Å²) in [6.07, 6.45) is 0. The number of benzene rings is 1. The van der Waals surface area contributed by atoms with Crippen molar-refractivity contribution in [3.63, 3.8) is 0 Å². The van der Waals surface area contributed by atoms with E-state index in [9.17, 15) is 4.79 Å². The standard InChI is InChI=1S/C9H11N3O/c1-4-5(2)8-7(3-6(4)10)11-9(13)12-8/h3H,10H2,1-2H3,(H2,11,12,13). The summed E-state index contributed by atoms with van der Waals surface area (Å²) < 4.78 is 0. The molecule has 4 heteroatoms. The molecule has 1 heterocycles. The largest absolute Gasteiger partial charge is 0.398 e. The summed E-state index contributed by atoms with van der Waals surface area (Å²) in [6, 6.07) is 1.77. The molecule has 0 spiro atoms. The van der Waals surface area contributed by atoms with Crippen LogP contribution in [0.3, 0.4) is 0 Å². The number of rotatable bonds is 0. The molecule has 4 N–H and O–H groups in total. The quantitative estimate of drug-likeness (QED) is 0.526. The Kier molecular flexibility index (Phi) is 1.45. The maximum Gasteiger partial charge on any atom is 0.323 e. The van der Waals surface area contributed by atoms with Crippen LogP contribution >= 0.6 is 0 Å². The maximum atomic E-state index is 11.0. The molecule has 4 nitrogen and oxygen atoms in total. The number of imidazole rings is 1. The lowest BCUT2D eigenvalue weighted by molar-refractivity contribution is 1.21. The highest BCUT2D eigenvalue weighted by Gasteiger charge is 2.06. The Hall–Kier alpha value is -1.71. The van der Waals surface area contributed by atoms with Crippen LogP contribution in [0.15, 0.2) is 10.9 Å². The number of anilines is 1. The lowest BCUT2D eigenvalue weighted by Crippen LogP contribution is -1.99. The molecule has 0 bridgehead atoms. The van der Waals surface area contributed by atoms with Gasteiger partial charge in [0.1, 0.15) is 0 Å². The van der Waals surface area contributed by atoms with Crippen molar-refractivity contribution in [2.75, 3.05) is 5.73 Å². The summed E-state index contributed by atoms with van der Waals surface area (Å²) in [5.74, 6) is 0. The Morgan fingerprint density at radius 2 is 1.92 bits per heavy atom. The van der Waals surface area contributed by atoms with Crippen molar-refractivity contribution >= 4 is 16.7 Å². The van der Waals surface area contributed by atoms with Gasteiger partial charge in [-0.1, -0.05) is 0 Å². The number of nitrogens with two attached hydrogens (primary N) is 1. The number of aromatic nitrogens is 2. The number of H-pyrrole nitrogens is 2. The molecule has 0 aliphatic carbocycles. The fourth-order valence-electron chi connectivity index (χ4n) is 1.47. The molecule has 0 aliphatic rings. The molecule has 0 amide bonds. The van der Waals surface area contributed by atoms with Gasteiger partial charge in [0.15, 0.2) is 0 Å². The molecule has 0 aliphatic heterocycles. The predicted molar refractivity (Wildman–Crippen MR) is 52.8 cm³/mol. The maximum absolute atomic E-state index is 11.0. The fourth-order valence-corrected chi connectivity index (χ4v) is 1.47. The van der Waals surface area contributed by atoms with Gasteiger partial charge in [0.05, 0.1) is 11.0 Å². The number of nitrogens with one attached hydrogen (secondary N) is 2. The zero-order chi connectivity index (χ0) is 9.59. The van der Waals surface area contributed by atoms with Crippen molar-refractivity contribution in [2.45, 2.75) is 13.8 Å². The Morgan fingerprint density at radius 3 is 2.62 bits per heavy atom. The van der Waals surface area contributed by atoms with Crippen LogP contribution in [0, 0.1) is 13.8 Å². The summed E-state index contributed by atoms with van der Waals surface area (Å²) in [7, 11) is 0. The third-order valence-corrected chi connectivity index (χ3v) is 2.43. The molecular weight excluding hydrogens is 166 g/mol. The van der Waals surface area contributed by atoms with E-state index in [0.29, 0.717) is 5.69 Å². The zero-order valence-corrected chi connectivity index (χ0v) is 7.56. The smallest absolute Gasteiger partial charge is 0.323 e. The van der Waals surface area contributed by atoms with E-state index in [1.165, 1.54) is 0 Å². The number of hydrogen-bond donors (Lipinski definition) is 3. The van der Waals surface area contributed by atoms with Gasteiger partial charge in [-0.05, 0) is 31.0 Å². The van der Waals surface area contributed by atoms with Gasteiger partial charge in [-0.15, -0.1) is 0 Å². The van der Waals surface area contributed by atoms with Gasteiger partial charge < -0.3 is 15.7 Å². The summed E-state index contributed by atoms with van der Waals surface area (Å²) in [4.78, 5) is 16.4. The van der Waals surface area contributed by atoms with Crippen molar-refractivity contribution in [3.8, 4) is 0 Å². The van der Waals surface area contributed by atoms with Crippen LogP contribution in [0.1, 0.15) is 11.1 Å². The minimum absolute atomic E-state index is 0.192. The average molecular weight is 177 g/mol. The van der Waals surface area contributed by atoms with Gasteiger partial charge in [-0.3, -0.25) is 0 Å². The number of nitrogen functional groups attached to an aromatic ring is 1. The van der Waals surface area contributed by atoms with Crippen LogP contribution in [0.25, 0.3) is 11.0 Å². The van der Waals surface area contributed by atoms with E-state index in [1.807, 2.05) is 13.8 Å². The van der Waals surface area contributed by atoms with E-state index in [0.717, 1.165) is 22.2 Å². The number of hydrogen-bond acceptors (Lipinski definition) is 2. The topological polar surface area (TPSA) is 74.7 Å². The fraction of sp³-hybridized carbons (Fsp3) is 0.222. The molecule has 0 unspecified atom stereocenters. The summed E-state index contributed by atoms with van der Waals surface area (Å²) in [5.41, 5.74) is 9.93. The minimum Gasteiger partial charge on any atom is -0.398 e. The lowest BCUT2D eigenvalue weighted by atomic mass is 10.1. The number of fused-ring (bicyclic) bond motifs is 1. The molecule has 0 atom stereocenters. The first kappa shape index (κ1) is 7.91. The van der Waals surface area contributed by atoms with E-state index in [1.54, 1.807) is 6.07 Å². The number of aryl methyl sites for hydroxylation is 1. The second-order valence-electron chi connectivity index (χ2n) is 3.22. The summed E-state index contributed by atoms with van der Waals surface area (Å²) in [5, 5.41) is 0. The van der Waals surface area contributed by atoms with Crippen molar-refractivity contribution < 1.29 is 0 Å². The van der Waals surface area contributed by atoms with E-state index in [2.05, 4.69) is 9.97 Å². The third kappa shape index (κ3) is 1.02. The van der Waals surface area contributed by atoms with Crippen molar-refractivity contribution in [1.82, 2.24) is 9.97 Å². The molecule has 0 radical (unpaired) electrons. The molecule has 2 aromatic rings. The highest BCUT2D eigenvalue weighted by molar-refractivity contribution is 5.83. The Morgan fingerprint density at radius 1 is 1.23 bits per heavy atom. The van der Waals surface area contributed by atoms with Gasteiger partial charge in [0.2, 0.25) is 0 Å². The highest BCUT2D eigenvalue weighted by atomic mass is 16.1. The summed E-state index contributed by atoms with van der Waals surface area (Å²) in [6.45, 7) is 3.88. The van der Waals surface area contributed by atoms with Crippen LogP contribution in [-0.4, -0.2) is 9.97 Å². The van der Waals surface area contributed by atoms with E-state index >= 15 is 0 Å². The van der Waals surface area contributed by atoms with Crippen LogP contribution in [-0.2, 0) is 0 Å². The van der Waals surface area contributed by atoms with Gasteiger partial charge in [0.25, 0.3) is 0 Å². The van der Waals surface area contributed by atoms with Gasteiger partial charge >= 0.3 is 5.69 Å². The normalized spacial score (nSPS) is 10.9. The second kappa shape index (κ2) is 2.39. The van der Waals surface area contributed by atoms with Crippen molar-refractivity contribution in [3.05, 3.63) is 27.7 Å². The first-order valence-electron chi connectivity index (χ1n) is 4.07. The Balaban J connectivity index is 3.00. The van der Waals surface area contributed by atoms with Gasteiger partial charge in [-0.2, -0.15) is 0 Å². The molecule has 2 rings (SSSR count). The molecule has 68 valence electrons. The number of aromatic amines is 2. The lowest BCUT2D eigenvalue weighted by Gasteiger charge is -2.04. The Labute approximate surface area is 74.8 Å². The van der Waals surface area contributed by atoms with Crippen LogP contribution < -0.4 is 11.4 Å². The average Bonchev–Trinajstić information content (AvgIpc) is 2.42. The highest BCUT2D eigenvalue weighted by Crippen LogP contribution is 2.22. The van der Waals surface area contributed by atoms with Gasteiger partial charge in [0, 0.05) is 5.69 Å². The summed E-state index contributed by atoms with van der Waals surface area (Å²) >= 11 is 0. The van der Waals surface area contributed by atoms with Crippen LogP contribution in [0.2, 0.25) is 0 Å². The van der Waals surface area contributed by atoms with E-state index < -0.39 is 0 Å². The van der Waals surface area contributed by atoms with Crippen LogP contribution in [0.4, 0.5) is 5.69 Å². The predicted octanol–water partition coefficient (Wildman–Crippen LogP) is 1.06. The zero-order valence-electron chi connectivity index (χ0n) is 7.56. The van der Waals surface area contributed by atoms with E-state index in [-0.39, 0.29) is 5.69 Å². The first-order chi connectivity index (χ1) is 6.09. The SMILES string of the molecule is Cc1c(N)cc2[nH]c(=O)[nH]c2c1C. The van der Waals surface area contributed by atoms with Crippen LogP contribution in [0.5, 0.6) is 0 Å². The van der Waals surface area contributed by atoms with E-state index in [4.69, 9.17) is 5.73 Å². The molecule has 0 saturated heterocycles. The molecule has 0 fully saturated rings. The minimum atomic E-state index is -0.192. The molecule has 0 saturated carbocycles. The van der Waals surface area contributed by atoms with Gasteiger partial charge in [-0.25, -0.2) is 4.79 Å². The van der Waals surface area contributed by atoms with Crippen molar-refractivity contribution in [2.24, 2.45) is 0 Å². The molecule has 13 heavy (non-hydrogen) atoms.